The van der Waals surface area contributed by atoms with E-state index < -0.39 is 9.84 Å². The van der Waals surface area contributed by atoms with Crippen LogP contribution >= 0.6 is 0 Å². The van der Waals surface area contributed by atoms with Crippen LogP contribution in [0.2, 0.25) is 0 Å². The minimum Gasteiger partial charge on any atom is -0.316 e. The van der Waals surface area contributed by atoms with Gasteiger partial charge in [0.05, 0.1) is 5.75 Å². The van der Waals surface area contributed by atoms with Gasteiger partial charge in [-0.1, -0.05) is 38.1 Å². The number of sulfone groups is 1. The van der Waals surface area contributed by atoms with Crippen LogP contribution in [0.15, 0.2) is 24.3 Å². The van der Waals surface area contributed by atoms with Crippen molar-refractivity contribution in [3.8, 4) is 0 Å². The number of rotatable bonds is 5. The summed E-state index contributed by atoms with van der Waals surface area (Å²) in [6, 6.07) is 8.51. The van der Waals surface area contributed by atoms with Gasteiger partial charge in [-0.3, -0.25) is 0 Å². The number of hydrogen-bond donors (Lipinski definition) is 1. The van der Waals surface area contributed by atoms with Gasteiger partial charge in [-0.2, -0.15) is 0 Å². The van der Waals surface area contributed by atoms with E-state index in [0.717, 1.165) is 31.0 Å². The molecule has 1 aliphatic rings. The van der Waals surface area contributed by atoms with Gasteiger partial charge in [-0.05, 0) is 49.4 Å². The van der Waals surface area contributed by atoms with Crippen molar-refractivity contribution in [1.82, 2.24) is 5.32 Å². The van der Waals surface area contributed by atoms with Gasteiger partial charge in [0.25, 0.3) is 0 Å². The summed E-state index contributed by atoms with van der Waals surface area (Å²) in [6.45, 7) is 6.25. The summed E-state index contributed by atoms with van der Waals surface area (Å²) in [5, 5.41) is 3.45. The quantitative estimate of drug-likeness (QED) is 0.909. The number of hydrogen-bond acceptors (Lipinski definition) is 3. The molecule has 3 nitrogen and oxygen atoms in total. The largest absolute Gasteiger partial charge is 0.316 e. The first-order valence-corrected chi connectivity index (χ1v) is 9.80. The van der Waals surface area contributed by atoms with Crippen LogP contribution in [0.1, 0.15) is 37.8 Å². The maximum atomic E-state index is 11.5. The van der Waals surface area contributed by atoms with Crippen LogP contribution in [0.4, 0.5) is 0 Å². The highest BCUT2D eigenvalue weighted by atomic mass is 32.2. The molecule has 2 rings (SSSR count). The highest BCUT2D eigenvalue weighted by molar-refractivity contribution is 7.90. The molecule has 0 saturated carbocycles. The Kier molecular flexibility index (Phi) is 5.10. The zero-order valence-electron chi connectivity index (χ0n) is 13.4. The van der Waals surface area contributed by atoms with E-state index in [2.05, 4.69) is 29.6 Å². The molecule has 1 unspecified atom stereocenters. The Labute approximate surface area is 129 Å². The third-order valence-electron chi connectivity index (χ3n) is 4.28. The zero-order valence-corrected chi connectivity index (χ0v) is 14.2. The van der Waals surface area contributed by atoms with E-state index in [9.17, 15) is 8.42 Å². The Morgan fingerprint density at radius 2 is 1.90 bits per heavy atom. The first-order valence-electron chi connectivity index (χ1n) is 7.74. The molecule has 4 heteroatoms. The minimum absolute atomic E-state index is 0.186. The van der Waals surface area contributed by atoms with Gasteiger partial charge in [0.15, 0.2) is 0 Å². The van der Waals surface area contributed by atoms with Gasteiger partial charge < -0.3 is 5.32 Å². The number of benzene rings is 1. The molecule has 1 N–H and O–H groups in total. The topological polar surface area (TPSA) is 46.2 Å². The predicted molar refractivity (Wildman–Crippen MR) is 88.5 cm³/mol. The normalized spacial score (nSPS) is 20.4. The molecule has 21 heavy (non-hydrogen) atoms. The maximum Gasteiger partial charge on any atom is 0.148 e. The van der Waals surface area contributed by atoms with Crippen molar-refractivity contribution in [2.45, 2.75) is 38.5 Å². The SMILES string of the molecule is CC(C)(CS(C)(=O)=O)c1ccc(CC2CCCNC2)cc1. The second-order valence-electron chi connectivity index (χ2n) is 7.07. The molecule has 1 atom stereocenters. The maximum absolute atomic E-state index is 11.5. The van der Waals surface area contributed by atoms with Crippen LogP contribution in [0.5, 0.6) is 0 Å². The molecule has 1 aromatic rings. The Balaban J connectivity index is 2.04. The molecule has 0 bridgehead atoms. The monoisotopic (exact) mass is 309 g/mol. The Morgan fingerprint density at radius 3 is 2.43 bits per heavy atom. The first kappa shape index (κ1) is 16.5. The van der Waals surface area contributed by atoms with Crippen LogP contribution in [-0.2, 0) is 21.7 Å². The molecular formula is C17H27NO2S. The summed E-state index contributed by atoms with van der Waals surface area (Å²) < 4.78 is 23.1. The molecule has 1 fully saturated rings. The fourth-order valence-electron chi connectivity index (χ4n) is 3.26. The van der Waals surface area contributed by atoms with Gasteiger partial charge >= 0.3 is 0 Å². The fraction of sp³-hybridized carbons (Fsp3) is 0.647. The second kappa shape index (κ2) is 6.49. The van der Waals surface area contributed by atoms with E-state index in [4.69, 9.17) is 0 Å². The van der Waals surface area contributed by atoms with Gasteiger partial charge in [-0.15, -0.1) is 0 Å². The summed E-state index contributed by atoms with van der Waals surface area (Å²) in [5.74, 6) is 0.917. The molecule has 1 heterocycles. The van der Waals surface area contributed by atoms with E-state index in [-0.39, 0.29) is 11.2 Å². The summed E-state index contributed by atoms with van der Waals surface area (Å²) in [5.41, 5.74) is 2.11. The standard InChI is InChI=1S/C17H27NO2S/c1-17(2,13-21(3,19)20)16-8-6-14(7-9-16)11-15-5-4-10-18-12-15/h6-9,15,18H,4-5,10-13H2,1-3H3. The van der Waals surface area contributed by atoms with Crippen LogP contribution in [0.25, 0.3) is 0 Å². The summed E-state index contributed by atoms with van der Waals surface area (Å²) in [6.07, 6.45) is 4.98. The third-order valence-corrected chi connectivity index (χ3v) is 5.53. The molecule has 0 amide bonds. The van der Waals surface area contributed by atoms with E-state index in [1.165, 1.54) is 24.7 Å². The van der Waals surface area contributed by atoms with Gasteiger partial charge in [0, 0.05) is 11.7 Å². The van der Waals surface area contributed by atoms with Crippen molar-refractivity contribution in [3.63, 3.8) is 0 Å². The van der Waals surface area contributed by atoms with E-state index >= 15 is 0 Å². The smallest absolute Gasteiger partial charge is 0.148 e. The Hall–Kier alpha value is -0.870. The lowest BCUT2D eigenvalue weighted by Crippen LogP contribution is -2.31. The van der Waals surface area contributed by atoms with Crippen molar-refractivity contribution in [3.05, 3.63) is 35.4 Å². The highest BCUT2D eigenvalue weighted by Gasteiger charge is 2.25. The zero-order chi connectivity index (χ0) is 15.5. The van der Waals surface area contributed by atoms with E-state index in [0.29, 0.717) is 0 Å². The van der Waals surface area contributed by atoms with Gasteiger partial charge in [0.1, 0.15) is 9.84 Å². The minimum atomic E-state index is -2.97. The molecule has 0 spiro atoms. The van der Waals surface area contributed by atoms with Crippen LogP contribution in [0.3, 0.4) is 0 Å². The Morgan fingerprint density at radius 1 is 1.24 bits per heavy atom. The van der Waals surface area contributed by atoms with Crippen LogP contribution in [0, 0.1) is 5.92 Å². The second-order valence-corrected chi connectivity index (χ2v) is 9.21. The first-order chi connectivity index (χ1) is 9.76. The van der Waals surface area contributed by atoms with Crippen LogP contribution < -0.4 is 5.32 Å². The van der Waals surface area contributed by atoms with Crippen LogP contribution in [-0.4, -0.2) is 33.5 Å². The molecule has 118 valence electrons. The lowest BCUT2D eigenvalue weighted by molar-refractivity contribution is 0.376. The van der Waals surface area contributed by atoms with E-state index in [1.54, 1.807) is 0 Å². The number of nitrogens with one attached hydrogen (secondary N) is 1. The Bertz CT molecular complexity index is 555. The van der Waals surface area contributed by atoms with Gasteiger partial charge in [-0.25, -0.2) is 8.42 Å². The van der Waals surface area contributed by atoms with Gasteiger partial charge in [0.2, 0.25) is 0 Å². The van der Waals surface area contributed by atoms with Crippen molar-refractivity contribution in [2.24, 2.45) is 5.92 Å². The summed E-state index contributed by atoms with van der Waals surface area (Å²) in [7, 11) is -2.97. The van der Waals surface area contributed by atoms with Crippen molar-refractivity contribution in [1.29, 1.82) is 0 Å². The molecule has 0 radical (unpaired) electrons. The molecular weight excluding hydrogens is 282 g/mol. The average molecular weight is 309 g/mol. The molecule has 0 aliphatic carbocycles. The molecule has 1 aliphatic heterocycles. The number of piperidine rings is 1. The molecule has 1 saturated heterocycles. The predicted octanol–water partition coefficient (Wildman–Crippen LogP) is 2.55. The highest BCUT2D eigenvalue weighted by Crippen LogP contribution is 2.26. The fourth-order valence-corrected chi connectivity index (χ4v) is 4.74. The lowest BCUT2D eigenvalue weighted by atomic mass is 9.85. The average Bonchev–Trinajstić information content (AvgIpc) is 2.38. The molecule has 1 aromatic carbocycles. The van der Waals surface area contributed by atoms with Crippen molar-refractivity contribution >= 4 is 9.84 Å². The lowest BCUT2D eigenvalue weighted by Gasteiger charge is -2.25. The third kappa shape index (κ3) is 5.11. The summed E-state index contributed by atoms with van der Waals surface area (Å²) >= 11 is 0. The molecule has 0 aromatic heterocycles. The van der Waals surface area contributed by atoms with Crippen molar-refractivity contribution in [2.75, 3.05) is 25.1 Å². The summed E-state index contributed by atoms with van der Waals surface area (Å²) in [4.78, 5) is 0. The van der Waals surface area contributed by atoms with E-state index in [1.807, 2.05) is 13.8 Å². The van der Waals surface area contributed by atoms with Crippen molar-refractivity contribution < 1.29 is 8.42 Å².